The summed E-state index contributed by atoms with van der Waals surface area (Å²) in [7, 11) is -8.61. The quantitative estimate of drug-likeness (QED) is 0.673. The summed E-state index contributed by atoms with van der Waals surface area (Å²) in [6.45, 7) is 5.61. The molecule has 0 aliphatic heterocycles. The van der Waals surface area contributed by atoms with Gasteiger partial charge in [0.15, 0.2) is 0 Å². The van der Waals surface area contributed by atoms with Gasteiger partial charge in [-0.3, -0.25) is 9.11 Å². The van der Waals surface area contributed by atoms with Gasteiger partial charge in [-0.25, -0.2) is 0 Å². The topological polar surface area (TPSA) is 109 Å². The maximum atomic E-state index is 11.6. The number of hydrogen-bond donors (Lipinski definition) is 2. The molecule has 0 spiro atoms. The highest BCUT2D eigenvalue weighted by molar-refractivity contribution is 7.86. The zero-order chi connectivity index (χ0) is 20.4. The number of benzene rings is 2. The summed E-state index contributed by atoms with van der Waals surface area (Å²) in [5.41, 5.74) is 2.84. The second-order valence-corrected chi connectivity index (χ2v) is 9.80. The second kappa shape index (κ2) is 8.10. The molecule has 0 bridgehead atoms. The summed E-state index contributed by atoms with van der Waals surface area (Å²) in [4.78, 5) is -0.205. The van der Waals surface area contributed by atoms with Crippen LogP contribution in [0.5, 0.6) is 0 Å². The third-order valence-corrected chi connectivity index (χ3v) is 6.37. The van der Waals surface area contributed by atoms with Gasteiger partial charge in [0.05, 0.1) is 9.79 Å². The second-order valence-electron chi connectivity index (χ2n) is 7.02. The van der Waals surface area contributed by atoms with Crippen molar-refractivity contribution in [1.82, 2.24) is 0 Å². The van der Waals surface area contributed by atoms with Crippen molar-refractivity contribution in [3.63, 3.8) is 0 Å². The van der Waals surface area contributed by atoms with E-state index in [1.807, 2.05) is 20.8 Å². The molecule has 2 rings (SSSR count). The van der Waals surface area contributed by atoms with Crippen LogP contribution in [0.4, 0.5) is 0 Å². The van der Waals surface area contributed by atoms with Crippen molar-refractivity contribution in [2.75, 3.05) is 0 Å². The minimum absolute atomic E-state index is 0.0297. The molecule has 1 atom stereocenters. The maximum absolute atomic E-state index is 11.6. The van der Waals surface area contributed by atoms with Crippen LogP contribution in [-0.2, 0) is 33.1 Å². The van der Waals surface area contributed by atoms with Gasteiger partial charge in [0.25, 0.3) is 20.2 Å². The van der Waals surface area contributed by atoms with Gasteiger partial charge in [0.1, 0.15) is 0 Å². The Balaban J connectivity index is 2.21. The van der Waals surface area contributed by atoms with Crippen LogP contribution >= 0.6 is 0 Å². The summed E-state index contributed by atoms with van der Waals surface area (Å²) < 4.78 is 65.1. The molecule has 1 unspecified atom stereocenters. The summed E-state index contributed by atoms with van der Waals surface area (Å²) in [5, 5.41) is 0. The minimum atomic E-state index is -4.31. The standard InChI is InChI=1S/C19H24O6S2/c1-13(11-17-12-15(3)6-9-19(17)27(23,24)25)4-7-16-10-14(2)5-8-18(16)26(20,21)22/h5-6,8-10,12-13H,4,7,11H2,1-3H3,(H,20,21,22)(H,23,24,25). The van der Waals surface area contributed by atoms with Crippen LogP contribution in [0.3, 0.4) is 0 Å². The fourth-order valence-electron chi connectivity index (χ4n) is 3.15. The largest absolute Gasteiger partial charge is 0.294 e. The monoisotopic (exact) mass is 412 g/mol. The van der Waals surface area contributed by atoms with Crippen LogP contribution in [0.2, 0.25) is 0 Å². The first kappa shape index (κ1) is 21.6. The van der Waals surface area contributed by atoms with Crippen LogP contribution in [0, 0.1) is 19.8 Å². The molecule has 2 aromatic rings. The van der Waals surface area contributed by atoms with Gasteiger partial charge in [0, 0.05) is 0 Å². The Labute approximate surface area is 160 Å². The third-order valence-electron chi connectivity index (χ3n) is 4.46. The lowest BCUT2D eigenvalue weighted by Crippen LogP contribution is -2.10. The van der Waals surface area contributed by atoms with E-state index in [1.54, 1.807) is 24.3 Å². The van der Waals surface area contributed by atoms with E-state index in [0.29, 0.717) is 30.4 Å². The molecule has 0 saturated carbocycles. The maximum Gasteiger partial charge on any atom is 0.294 e. The lowest BCUT2D eigenvalue weighted by atomic mass is 9.93. The lowest BCUT2D eigenvalue weighted by molar-refractivity contribution is 0.474. The first-order valence-corrected chi connectivity index (χ1v) is 11.4. The molecule has 2 aromatic carbocycles. The Morgan fingerprint density at radius 1 is 0.815 bits per heavy atom. The Kier molecular flexibility index (Phi) is 6.47. The van der Waals surface area contributed by atoms with Gasteiger partial charge in [0.2, 0.25) is 0 Å². The predicted octanol–water partition coefficient (Wildman–Crippen LogP) is 3.61. The van der Waals surface area contributed by atoms with Gasteiger partial charge in [-0.05, 0) is 62.3 Å². The van der Waals surface area contributed by atoms with E-state index in [1.165, 1.54) is 12.1 Å². The first-order chi connectivity index (χ1) is 12.4. The molecule has 0 amide bonds. The van der Waals surface area contributed by atoms with Crippen molar-refractivity contribution < 1.29 is 25.9 Å². The fraction of sp³-hybridized carbons (Fsp3) is 0.368. The Hall–Kier alpha value is -1.74. The molecule has 8 heteroatoms. The van der Waals surface area contributed by atoms with Gasteiger partial charge < -0.3 is 0 Å². The predicted molar refractivity (Wildman–Crippen MR) is 103 cm³/mol. The molecule has 6 nitrogen and oxygen atoms in total. The molecule has 0 radical (unpaired) electrons. The van der Waals surface area contributed by atoms with Crippen molar-refractivity contribution in [3.8, 4) is 0 Å². The normalized spacial score (nSPS) is 13.5. The van der Waals surface area contributed by atoms with E-state index in [4.69, 9.17) is 0 Å². The van der Waals surface area contributed by atoms with Crippen LogP contribution < -0.4 is 0 Å². The highest BCUT2D eigenvalue weighted by Crippen LogP contribution is 2.25. The molecule has 0 heterocycles. The van der Waals surface area contributed by atoms with E-state index in [9.17, 15) is 25.9 Å². The average Bonchev–Trinajstić information content (AvgIpc) is 2.50. The third kappa shape index (κ3) is 5.87. The van der Waals surface area contributed by atoms with E-state index in [-0.39, 0.29) is 15.7 Å². The highest BCUT2D eigenvalue weighted by Gasteiger charge is 2.19. The summed E-state index contributed by atoms with van der Waals surface area (Å²) in [6, 6.07) is 9.50. The van der Waals surface area contributed by atoms with Gasteiger partial charge >= 0.3 is 0 Å². The molecule has 0 aliphatic rings. The van der Waals surface area contributed by atoms with E-state index < -0.39 is 20.2 Å². The first-order valence-electron chi connectivity index (χ1n) is 8.52. The molecule has 2 N–H and O–H groups in total. The molecule has 148 valence electrons. The Morgan fingerprint density at radius 3 is 1.74 bits per heavy atom. The molecule has 0 aliphatic carbocycles. The van der Waals surface area contributed by atoms with Gasteiger partial charge in [-0.1, -0.05) is 42.3 Å². The summed E-state index contributed by atoms with van der Waals surface area (Å²) in [6.07, 6.45) is 1.43. The molecular weight excluding hydrogens is 388 g/mol. The van der Waals surface area contributed by atoms with E-state index in [2.05, 4.69) is 0 Å². The minimum Gasteiger partial charge on any atom is -0.282 e. The Morgan fingerprint density at radius 2 is 1.26 bits per heavy atom. The molecule has 0 aromatic heterocycles. The molecular formula is C19H24O6S2. The van der Waals surface area contributed by atoms with Crippen molar-refractivity contribution in [1.29, 1.82) is 0 Å². The van der Waals surface area contributed by atoms with E-state index in [0.717, 1.165) is 11.1 Å². The number of rotatable bonds is 7. The van der Waals surface area contributed by atoms with Crippen LogP contribution in [0.1, 0.15) is 35.6 Å². The van der Waals surface area contributed by atoms with Crippen molar-refractivity contribution in [2.24, 2.45) is 5.92 Å². The van der Waals surface area contributed by atoms with Crippen LogP contribution in [-0.4, -0.2) is 25.9 Å². The smallest absolute Gasteiger partial charge is 0.282 e. The van der Waals surface area contributed by atoms with Crippen molar-refractivity contribution in [3.05, 3.63) is 58.7 Å². The Bertz CT molecular complexity index is 1040. The number of aryl methyl sites for hydroxylation is 3. The zero-order valence-electron chi connectivity index (χ0n) is 15.5. The van der Waals surface area contributed by atoms with Gasteiger partial charge in [-0.15, -0.1) is 0 Å². The van der Waals surface area contributed by atoms with Crippen molar-refractivity contribution >= 4 is 20.2 Å². The van der Waals surface area contributed by atoms with Crippen LogP contribution in [0.25, 0.3) is 0 Å². The zero-order valence-corrected chi connectivity index (χ0v) is 17.1. The van der Waals surface area contributed by atoms with Crippen LogP contribution in [0.15, 0.2) is 46.2 Å². The molecule has 0 fully saturated rings. The summed E-state index contributed by atoms with van der Waals surface area (Å²) >= 11 is 0. The van der Waals surface area contributed by atoms with Gasteiger partial charge in [-0.2, -0.15) is 16.8 Å². The average molecular weight is 413 g/mol. The SMILES string of the molecule is Cc1ccc(S(=O)(=O)O)c(CCC(C)Cc2cc(C)ccc2S(=O)(=O)O)c1. The highest BCUT2D eigenvalue weighted by atomic mass is 32.2. The molecule has 0 saturated heterocycles. The summed E-state index contributed by atoms with van der Waals surface area (Å²) in [5.74, 6) is 0.0297. The fourth-order valence-corrected chi connectivity index (χ4v) is 4.60. The van der Waals surface area contributed by atoms with Crippen molar-refractivity contribution in [2.45, 2.75) is 49.8 Å². The number of hydrogen-bond acceptors (Lipinski definition) is 4. The molecule has 27 heavy (non-hydrogen) atoms. The lowest BCUT2D eigenvalue weighted by Gasteiger charge is -2.15. The van der Waals surface area contributed by atoms with E-state index >= 15 is 0 Å².